The zero-order valence-electron chi connectivity index (χ0n) is 13.5. The Labute approximate surface area is 137 Å². The molecule has 0 atom stereocenters. The quantitative estimate of drug-likeness (QED) is 0.668. The second-order valence-corrected chi connectivity index (χ2v) is 6.20. The third kappa shape index (κ3) is 3.73. The Morgan fingerprint density at radius 3 is 2.65 bits per heavy atom. The summed E-state index contributed by atoms with van der Waals surface area (Å²) in [6.07, 6.45) is 12.8. The highest BCUT2D eigenvalue weighted by Crippen LogP contribution is 2.37. The molecule has 0 aromatic heterocycles. The van der Waals surface area contributed by atoms with Gasteiger partial charge >= 0.3 is 5.97 Å². The number of ether oxygens (including phenoxy) is 1. The largest absolute Gasteiger partial charge is 0.493 e. The van der Waals surface area contributed by atoms with Crippen LogP contribution in [0.2, 0.25) is 0 Å². The Bertz CT molecular complexity index is 708. The van der Waals surface area contributed by atoms with E-state index in [0.717, 1.165) is 30.6 Å². The van der Waals surface area contributed by atoms with E-state index in [-0.39, 0.29) is 0 Å². The predicted octanol–water partition coefficient (Wildman–Crippen LogP) is 4.32. The molecule has 3 nitrogen and oxygen atoms in total. The van der Waals surface area contributed by atoms with E-state index in [0.29, 0.717) is 6.61 Å². The first-order chi connectivity index (χ1) is 11.1. The highest BCUT2D eigenvalue weighted by Gasteiger charge is 2.19. The van der Waals surface area contributed by atoms with E-state index in [1.165, 1.54) is 41.2 Å². The molecule has 0 saturated carbocycles. The summed E-state index contributed by atoms with van der Waals surface area (Å²) >= 11 is 0. The molecule has 2 aliphatic rings. The van der Waals surface area contributed by atoms with Gasteiger partial charge in [0.15, 0.2) is 0 Å². The summed E-state index contributed by atoms with van der Waals surface area (Å²) in [6, 6.07) is 4.51. The number of fused-ring (bicyclic) bond motifs is 2. The third-order valence-electron chi connectivity index (χ3n) is 4.43. The highest BCUT2D eigenvalue weighted by molar-refractivity contribution is 5.81. The van der Waals surface area contributed by atoms with Crippen molar-refractivity contribution in [2.45, 2.75) is 39.0 Å². The van der Waals surface area contributed by atoms with Gasteiger partial charge in [-0.25, -0.2) is 4.79 Å². The third-order valence-corrected chi connectivity index (χ3v) is 4.43. The van der Waals surface area contributed by atoms with Crippen LogP contribution in [0.3, 0.4) is 0 Å². The van der Waals surface area contributed by atoms with Gasteiger partial charge in [0.25, 0.3) is 0 Å². The fourth-order valence-corrected chi connectivity index (χ4v) is 3.27. The van der Waals surface area contributed by atoms with Gasteiger partial charge in [-0.3, -0.25) is 0 Å². The van der Waals surface area contributed by atoms with E-state index in [4.69, 9.17) is 9.84 Å². The number of carboxylic acids is 1. The van der Waals surface area contributed by atoms with Crippen molar-refractivity contribution in [2.75, 3.05) is 6.61 Å². The summed E-state index contributed by atoms with van der Waals surface area (Å²) in [6.45, 7) is 2.49. The SMILES string of the molecule is CC(=C/C(=O)O)/C=C/C=C1/CCOc2cc3c(cc21)CCCC3. The van der Waals surface area contributed by atoms with E-state index < -0.39 is 5.97 Å². The van der Waals surface area contributed by atoms with Crippen molar-refractivity contribution < 1.29 is 14.6 Å². The van der Waals surface area contributed by atoms with Crippen LogP contribution in [-0.4, -0.2) is 17.7 Å². The number of carboxylic acid groups (broad SMARTS) is 1. The first-order valence-electron chi connectivity index (χ1n) is 8.21. The van der Waals surface area contributed by atoms with Crippen LogP contribution in [0.1, 0.15) is 42.9 Å². The fraction of sp³-hybridized carbons (Fsp3) is 0.350. The number of carbonyl (C=O) groups is 1. The highest BCUT2D eigenvalue weighted by atomic mass is 16.5. The molecule has 1 aliphatic carbocycles. The first-order valence-corrected chi connectivity index (χ1v) is 8.21. The van der Waals surface area contributed by atoms with Crippen molar-refractivity contribution in [3.8, 4) is 5.75 Å². The number of aryl methyl sites for hydroxylation is 2. The number of allylic oxidation sites excluding steroid dienone is 4. The molecule has 1 heterocycles. The smallest absolute Gasteiger partial charge is 0.328 e. The van der Waals surface area contributed by atoms with Crippen LogP contribution in [0.4, 0.5) is 0 Å². The van der Waals surface area contributed by atoms with E-state index in [2.05, 4.69) is 18.2 Å². The first kappa shape index (κ1) is 15.6. The Balaban J connectivity index is 1.87. The Morgan fingerprint density at radius 1 is 1.17 bits per heavy atom. The molecule has 23 heavy (non-hydrogen) atoms. The van der Waals surface area contributed by atoms with Gasteiger partial charge in [-0.2, -0.15) is 0 Å². The zero-order chi connectivity index (χ0) is 16.2. The van der Waals surface area contributed by atoms with Gasteiger partial charge in [0.05, 0.1) is 6.61 Å². The summed E-state index contributed by atoms with van der Waals surface area (Å²) in [5.74, 6) is 0.0807. The number of aliphatic carboxylic acids is 1. The standard InChI is InChI=1S/C20H22O3/c1-14(11-20(21)22)5-4-8-15-9-10-23-19-13-17-7-3-2-6-16(17)12-18(15)19/h4-5,8,11-13H,2-3,6-7,9-10H2,1H3,(H,21,22)/b5-4+,14-11-,15-8-. The lowest BCUT2D eigenvalue weighted by Gasteiger charge is -2.24. The topological polar surface area (TPSA) is 46.5 Å². The second-order valence-electron chi connectivity index (χ2n) is 6.20. The lowest BCUT2D eigenvalue weighted by Crippen LogP contribution is -2.11. The van der Waals surface area contributed by atoms with Gasteiger partial charge in [0.2, 0.25) is 0 Å². The van der Waals surface area contributed by atoms with Gasteiger partial charge in [-0.05, 0) is 67.0 Å². The van der Waals surface area contributed by atoms with Crippen molar-refractivity contribution in [3.05, 3.63) is 58.7 Å². The maximum Gasteiger partial charge on any atom is 0.328 e. The number of hydrogen-bond acceptors (Lipinski definition) is 2. The number of hydrogen-bond donors (Lipinski definition) is 1. The van der Waals surface area contributed by atoms with E-state index in [1.54, 1.807) is 6.92 Å². The Morgan fingerprint density at radius 2 is 1.91 bits per heavy atom. The molecular weight excluding hydrogens is 288 g/mol. The van der Waals surface area contributed by atoms with Crippen molar-refractivity contribution >= 4 is 11.5 Å². The summed E-state index contributed by atoms with van der Waals surface area (Å²) < 4.78 is 5.85. The maximum atomic E-state index is 10.6. The van der Waals surface area contributed by atoms with Crippen LogP contribution in [0.5, 0.6) is 5.75 Å². The van der Waals surface area contributed by atoms with Crippen LogP contribution in [0.25, 0.3) is 5.57 Å². The van der Waals surface area contributed by atoms with Crippen molar-refractivity contribution in [1.29, 1.82) is 0 Å². The molecule has 1 aliphatic heterocycles. The monoisotopic (exact) mass is 310 g/mol. The van der Waals surface area contributed by atoms with Crippen LogP contribution in [-0.2, 0) is 17.6 Å². The molecule has 0 spiro atoms. The molecule has 0 unspecified atom stereocenters. The zero-order valence-corrected chi connectivity index (χ0v) is 13.5. The van der Waals surface area contributed by atoms with Crippen LogP contribution < -0.4 is 4.74 Å². The van der Waals surface area contributed by atoms with Crippen LogP contribution in [0, 0.1) is 0 Å². The van der Waals surface area contributed by atoms with Crippen molar-refractivity contribution in [1.82, 2.24) is 0 Å². The van der Waals surface area contributed by atoms with Crippen molar-refractivity contribution in [2.24, 2.45) is 0 Å². The van der Waals surface area contributed by atoms with Gasteiger partial charge < -0.3 is 9.84 Å². The van der Waals surface area contributed by atoms with Crippen LogP contribution in [0.15, 0.2) is 42.0 Å². The summed E-state index contributed by atoms with van der Waals surface area (Å²) in [4.78, 5) is 10.6. The fourth-order valence-electron chi connectivity index (χ4n) is 3.27. The average Bonchev–Trinajstić information content (AvgIpc) is 2.52. The van der Waals surface area contributed by atoms with Crippen molar-refractivity contribution in [3.63, 3.8) is 0 Å². The van der Waals surface area contributed by atoms with Gasteiger partial charge in [-0.15, -0.1) is 0 Å². The molecule has 0 bridgehead atoms. The summed E-state index contributed by atoms with van der Waals surface area (Å²) in [5, 5.41) is 8.73. The number of rotatable bonds is 3. The second kappa shape index (κ2) is 6.86. The maximum absolute atomic E-state index is 10.6. The molecule has 0 fully saturated rings. The number of benzene rings is 1. The molecule has 0 radical (unpaired) electrons. The minimum absolute atomic E-state index is 0.704. The molecule has 1 aromatic carbocycles. The van der Waals surface area contributed by atoms with Crippen LogP contribution >= 0.6 is 0 Å². The molecule has 3 heteroatoms. The minimum Gasteiger partial charge on any atom is -0.493 e. The summed E-state index contributed by atoms with van der Waals surface area (Å²) in [5.41, 5.74) is 6.08. The van der Waals surface area contributed by atoms with Gasteiger partial charge in [-0.1, -0.05) is 18.2 Å². The molecule has 120 valence electrons. The lowest BCUT2D eigenvalue weighted by atomic mass is 9.87. The van der Waals surface area contributed by atoms with E-state index >= 15 is 0 Å². The minimum atomic E-state index is -0.914. The van der Waals surface area contributed by atoms with E-state index in [9.17, 15) is 4.79 Å². The summed E-state index contributed by atoms with van der Waals surface area (Å²) in [7, 11) is 0. The average molecular weight is 310 g/mol. The molecule has 1 N–H and O–H groups in total. The molecular formula is C20H22O3. The lowest BCUT2D eigenvalue weighted by molar-refractivity contribution is -0.131. The Hall–Kier alpha value is -2.29. The molecule has 1 aromatic rings. The molecule has 0 amide bonds. The predicted molar refractivity (Wildman–Crippen MR) is 91.7 cm³/mol. The molecule has 3 rings (SSSR count). The van der Waals surface area contributed by atoms with E-state index in [1.807, 2.05) is 12.2 Å². The Kier molecular flexibility index (Phi) is 4.65. The normalized spacial score (nSPS) is 19.3. The van der Waals surface area contributed by atoms with Gasteiger partial charge in [0.1, 0.15) is 5.75 Å². The molecule has 0 saturated heterocycles. The van der Waals surface area contributed by atoms with Gasteiger partial charge in [0, 0.05) is 18.1 Å².